The number of hydrogen-bond acceptors (Lipinski definition) is 3. The molecule has 0 saturated carbocycles. The zero-order valence-corrected chi connectivity index (χ0v) is 22.1. The van der Waals surface area contributed by atoms with Crippen LogP contribution < -0.4 is 5.19 Å². The maximum absolute atomic E-state index is 10.0. The van der Waals surface area contributed by atoms with Crippen LogP contribution in [0.3, 0.4) is 0 Å². The van der Waals surface area contributed by atoms with Gasteiger partial charge in [-0.1, -0.05) is 42.9 Å². The van der Waals surface area contributed by atoms with E-state index in [0.717, 1.165) is 16.8 Å². The molecule has 1 heterocycles. The standard InChI is InChI=1S/C20H22NSi.C5H8O2.Ir/c1-14-6-11-19-17(12-14)13-15(2)20(21-19)16-7-9-18(10-8-16)22(3,4)5;1-4(6)3-5(2)7;/h6-7,9-13H,1-5H3;3,6H,1-2H3;/q-1;;. The molecule has 0 aliphatic heterocycles. The minimum absolute atomic E-state index is 0. The monoisotopic (exact) mass is 597 g/mol. The topological polar surface area (TPSA) is 50.2 Å². The normalized spacial score (nSPS) is 11.4. The van der Waals surface area contributed by atoms with E-state index in [1.54, 1.807) is 0 Å². The number of aliphatic hydroxyl groups is 1. The van der Waals surface area contributed by atoms with E-state index in [-0.39, 0.29) is 31.6 Å². The quantitative estimate of drug-likeness (QED) is 0.177. The Morgan fingerprint density at radius 1 is 1.07 bits per heavy atom. The van der Waals surface area contributed by atoms with E-state index in [0.29, 0.717) is 0 Å². The summed E-state index contributed by atoms with van der Waals surface area (Å²) >= 11 is 0. The molecule has 0 fully saturated rings. The maximum Gasteiger partial charge on any atom is 0.155 e. The molecule has 5 heteroatoms. The van der Waals surface area contributed by atoms with Crippen LogP contribution >= 0.6 is 0 Å². The van der Waals surface area contributed by atoms with Crippen LogP contribution in [-0.4, -0.2) is 23.9 Å². The molecule has 3 nitrogen and oxygen atoms in total. The Hall–Kier alpha value is -2.07. The number of ketones is 1. The number of hydrogen-bond donors (Lipinski definition) is 1. The third-order valence-electron chi connectivity index (χ3n) is 4.51. The maximum atomic E-state index is 10.0. The molecule has 1 aromatic heterocycles. The third kappa shape index (κ3) is 7.32. The average Bonchev–Trinajstić information content (AvgIpc) is 2.60. The van der Waals surface area contributed by atoms with Gasteiger partial charge < -0.3 is 5.11 Å². The van der Waals surface area contributed by atoms with E-state index >= 15 is 0 Å². The molecule has 0 spiro atoms. The van der Waals surface area contributed by atoms with Gasteiger partial charge in [-0.2, -0.15) is 0 Å². The van der Waals surface area contributed by atoms with Crippen molar-refractivity contribution < 1.29 is 30.0 Å². The molecule has 1 N–H and O–H groups in total. The van der Waals surface area contributed by atoms with E-state index < -0.39 is 8.07 Å². The molecule has 0 atom stereocenters. The number of carbonyl (C=O) groups is 1. The predicted molar refractivity (Wildman–Crippen MR) is 126 cm³/mol. The van der Waals surface area contributed by atoms with E-state index in [1.807, 2.05) is 0 Å². The molecule has 1 radical (unpaired) electrons. The molecular formula is C25H30IrNO2Si-. The van der Waals surface area contributed by atoms with Crippen molar-refractivity contribution in [2.24, 2.45) is 0 Å². The molecule has 0 aliphatic carbocycles. The Morgan fingerprint density at radius 3 is 2.20 bits per heavy atom. The van der Waals surface area contributed by atoms with Crippen LogP contribution in [0.25, 0.3) is 22.2 Å². The number of benzene rings is 2. The van der Waals surface area contributed by atoms with Crippen molar-refractivity contribution in [1.29, 1.82) is 0 Å². The number of nitrogens with zero attached hydrogens (tertiary/aromatic N) is 1. The molecule has 2 aromatic carbocycles. The van der Waals surface area contributed by atoms with Gasteiger partial charge in [0.1, 0.15) is 0 Å². The zero-order chi connectivity index (χ0) is 21.8. The number of rotatable bonds is 3. The van der Waals surface area contributed by atoms with Crippen molar-refractivity contribution in [3.05, 3.63) is 71.5 Å². The summed E-state index contributed by atoms with van der Waals surface area (Å²) in [6.45, 7) is 14.2. The summed E-state index contributed by atoms with van der Waals surface area (Å²) < 4.78 is 0. The van der Waals surface area contributed by atoms with Crippen molar-refractivity contribution in [3.63, 3.8) is 0 Å². The summed E-state index contributed by atoms with van der Waals surface area (Å²) in [6.07, 6.45) is 1.17. The van der Waals surface area contributed by atoms with Gasteiger partial charge in [0.25, 0.3) is 0 Å². The molecule has 0 unspecified atom stereocenters. The van der Waals surface area contributed by atoms with E-state index in [9.17, 15) is 4.79 Å². The van der Waals surface area contributed by atoms with Crippen LogP contribution in [0, 0.1) is 19.9 Å². The van der Waals surface area contributed by atoms with Crippen LogP contribution in [0.2, 0.25) is 19.6 Å². The number of aryl methyl sites for hydroxylation is 2. The Morgan fingerprint density at radius 2 is 1.73 bits per heavy atom. The summed E-state index contributed by atoms with van der Waals surface area (Å²) in [5, 5.41) is 11.0. The molecule has 161 valence electrons. The van der Waals surface area contributed by atoms with Crippen molar-refractivity contribution in [3.8, 4) is 11.3 Å². The summed E-state index contributed by atoms with van der Waals surface area (Å²) in [6, 6.07) is 18.7. The fraction of sp³-hybridized carbons (Fsp3) is 0.280. The van der Waals surface area contributed by atoms with Gasteiger partial charge in [0.05, 0.1) is 11.3 Å². The second-order valence-electron chi connectivity index (χ2n) is 8.49. The van der Waals surface area contributed by atoms with Gasteiger partial charge in [0, 0.05) is 34.3 Å². The number of allylic oxidation sites excluding steroid dienone is 2. The molecule has 0 bridgehead atoms. The van der Waals surface area contributed by atoms with Crippen LogP contribution in [0.1, 0.15) is 25.0 Å². The van der Waals surface area contributed by atoms with Crippen LogP contribution in [-0.2, 0) is 24.9 Å². The number of aliphatic hydroxyl groups excluding tert-OH is 1. The first kappa shape index (κ1) is 26.0. The van der Waals surface area contributed by atoms with E-state index in [1.165, 1.54) is 41.6 Å². The van der Waals surface area contributed by atoms with Crippen molar-refractivity contribution in [2.75, 3.05) is 0 Å². The average molecular weight is 597 g/mol. The second-order valence-corrected chi connectivity index (χ2v) is 13.6. The van der Waals surface area contributed by atoms with Gasteiger partial charge in [-0.05, 0) is 50.9 Å². The summed E-state index contributed by atoms with van der Waals surface area (Å²) in [7, 11) is -1.27. The number of pyridine rings is 1. The van der Waals surface area contributed by atoms with Gasteiger partial charge in [-0.3, -0.25) is 9.78 Å². The first-order chi connectivity index (χ1) is 13.5. The SMILES string of the molecule is CC(=O)C=C(C)O.Cc1ccc2nc(-c3[c-]cc([Si](C)(C)C)cc3)c(C)cc2c1.[Ir]. The Bertz CT molecular complexity index is 1050. The first-order valence-corrected chi connectivity index (χ1v) is 13.3. The molecule has 3 aromatic rings. The molecule has 3 rings (SSSR count). The molecule has 0 saturated heterocycles. The molecule has 30 heavy (non-hydrogen) atoms. The minimum Gasteiger partial charge on any atom is -0.512 e. The van der Waals surface area contributed by atoms with Crippen molar-refractivity contribution in [1.82, 2.24) is 4.98 Å². The van der Waals surface area contributed by atoms with Gasteiger partial charge in [-0.15, -0.1) is 35.0 Å². The number of fused-ring (bicyclic) bond motifs is 1. The number of aromatic nitrogens is 1. The van der Waals surface area contributed by atoms with Gasteiger partial charge >= 0.3 is 0 Å². The fourth-order valence-corrected chi connectivity index (χ4v) is 4.10. The largest absolute Gasteiger partial charge is 0.512 e. The van der Waals surface area contributed by atoms with Crippen LogP contribution in [0.4, 0.5) is 0 Å². The summed E-state index contributed by atoms with van der Waals surface area (Å²) in [5.41, 5.74) is 5.65. The van der Waals surface area contributed by atoms with Crippen molar-refractivity contribution >= 4 is 29.9 Å². The van der Waals surface area contributed by atoms with Crippen molar-refractivity contribution in [2.45, 2.75) is 47.3 Å². The molecule has 0 amide bonds. The smallest absolute Gasteiger partial charge is 0.155 e. The van der Waals surface area contributed by atoms with Gasteiger partial charge in [0.2, 0.25) is 0 Å². The van der Waals surface area contributed by atoms with E-state index in [4.69, 9.17) is 10.1 Å². The molecule has 0 aliphatic rings. The summed E-state index contributed by atoms with van der Waals surface area (Å²) in [4.78, 5) is 14.9. The summed E-state index contributed by atoms with van der Waals surface area (Å²) in [5.74, 6) is -0.0625. The first-order valence-electron chi connectivity index (χ1n) is 9.76. The number of carbonyl (C=O) groups excluding carboxylic acids is 1. The Labute approximate surface area is 194 Å². The van der Waals surface area contributed by atoms with Crippen LogP contribution in [0.15, 0.2) is 54.3 Å². The van der Waals surface area contributed by atoms with E-state index in [2.05, 4.69) is 82.0 Å². The Kier molecular flexibility index (Phi) is 9.35. The predicted octanol–water partition coefficient (Wildman–Crippen LogP) is 5.90. The van der Waals surface area contributed by atoms with Gasteiger partial charge in [-0.25, -0.2) is 0 Å². The van der Waals surface area contributed by atoms with Gasteiger partial charge in [0.15, 0.2) is 5.78 Å². The third-order valence-corrected chi connectivity index (χ3v) is 6.55. The Balaban J connectivity index is 0.000000489. The van der Waals surface area contributed by atoms with Crippen LogP contribution in [0.5, 0.6) is 0 Å². The fourth-order valence-electron chi connectivity index (χ4n) is 3.01. The minimum atomic E-state index is -1.27. The second kappa shape index (κ2) is 10.8. The zero-order valence-electron chi connectivity index (χ0n) is 18.8. The molecular weight excluding hydrogens is 567 g/mol.